The predicted octanol–water partition coefficient (Wildman–Crippen LogP) is 4.85. The van der Waals surface area contributed by atoms with E-state index in [1.54, 1.807) is 36.4 Å². The molecule has 2 aromatic rings. The standard InChI is InChI=1S/C23H26O8/c1-4-7-14-21(28-30-22(24)17-10-8-12-19(15-17)26-5-2)29-31-23(25)18-11-9-13-20(16-18)27-6-3/h8-13,15-16H,1,4-7,14H2,2-3H3. The van der Waals surface area contributed by atoms with Crippen LogP contribution >= 0.6 is 0 Å². The van der Waals surface area contributed by atoms with Gasteiger partial charge in [0.2, 0.25) is 0 Å². The van der Waals surface area contributed by atoms with Crippen molar-refractivity contribution < 1.29 is 38.6 Å². The summed E-state index contributed by atoms with van der Waals surface area (Å²) >= 11 is 0. The van der Waals surface area contributed by atoms with Crippen molar-refractivity contribution in [2.45, 2.75) is 33.1 Å². The van der Waals surface area contributed by atoms with Crippen molar-refractivity contribution in [2.75, 3.05) is 13.2 Å². The van der Waals surface area contributed by atoms with Crippen LogP contribution in [0.3, 0.4) is 0 Å². The van der Waals surface area contributed by atoms with E-state index in [0.717, 1.165) is 0 Å². The van der Waals surface area contributed by atoms with Gasteiger partial charge in [-0.3, -0.25) is 9.78 Å². The van der Waals surface area contributed by atoms with Gasteiger partial charge in [0, 0.05) is 6.42 Å². The molecular formula is C23H26O8. The fourth-order valence-electron chi connectivity index (χ4n) is 2.39. The summed E-state index contributed by atoms with van der Waals surface area (Å²) in [6, 6.07) is 12.9. The highest BCUT2D eigenvalue weighted by Gasteiger charge is 2.21. The van der Waals surface area contributed by atoms with Gasteiger partial charge >= 0.3 is 18.2 Å². The van der Waals surface area contributed by atoms with Crippen molar-refractivity contribution in [3.8, 4) is 11.5 Å². The minimum atomic E-state index is -0.756. The molecule has 0 saturated heterocycles. The van der Waals surface area contributed by atoms with Gasteiger partial charge in [-0.2, -0.15) is 0 Å². The van der Waals surface area contributed by atoms with E-state index in [1.165, 1.54) is 12.1 Å². The molecule has 0 fully saturated rings. The number of ether oxygens (including phenoxy) is 2. The Morgan fingerprint density at radius 2 is 1.26 bits per heavy atom. The Bertz CT molecular complexity index is 770. The van der Waals surface area contributed by atoms with Gasteiger partial charge in [0.15, 0.2) is 0 Å². The zero-order chi connectivity index (χ0) is 22.5. The second-order valence-corrected chi connectivity index (χ2v) is 6.16. The molecule has 0 unspecified atom stereocenters. The number of carbonyl (C=O) groups is 2. The molecule has 0 N–H and O–H groups in total. The number of hydrogen-bond donors (Lipinski definition) is 0. The lowest BCUT2D eigenvalue weighted by atomic mass is 10.2. The normalized spacial score (nSPS) is 10.6. The highest BCUT2D eigenvalue weighted by atomic mass is 17.3. The Kier molecular flexibility index (Phi) is 10.3. The SMILES string of the molecule is [CH2]CCC[C](OOC(=O)c1cccc(OCC)c1)OOC(=O)c1cccc(OCC)c1. The van der Waals surface area contributed by atoms with Gasteiger partial charge in [-0.05, 0) is 56.7 Å². The lowest BCUT2D eigenvalue weighted by molar-refractivity contribution is -0.363. The van der Waals surface area contributed by atoms with Crippen molar-refractivity contribution in [3.05, 3.63) is 72.9 Å². The molecule has 0 aliphatic heterocycles. The average molecular weight is 430 g/mol. The average Bonchev–Trinajstić information content (AvgIpc) is 2.79. The molecular weight excluding hydrogens is 404 g/mol. The van der Waals surface area contributed by atoms with Crippen LogP contribution in [0.5, 0.6) is 11.5 Å². The first kappa shape index (κ1) is 24.2. The van der Waals surface area contributed by atoms with Crippen LogP contribution in [0.1, 0.15) is 53.8 Å². The summed E-state index contributed by atoms with van der Waals surface area (Å²) in [5, 5.41) is 0. The summed E-state index contributed by atoms with van der Waals surface area (Å²) in [4.78, 5) is 44.1. The first-order valence-corrected chi connectivity index (χ1v) is 9.95. The largest absolute Gasteiger partial charge is 0.494 e. The van der Waals surface area contributed by atoms with Gasteiger partial charge in [0.25, 0.3) is 0 Å². The fraction of sp³-hybridized carbons (Fsp3) is 0.304. The van der Waals surface area contributed by atoms with Crippen LogP contribution in [0.2, 0.25) is 0 Å². The van der Waals surface area contributed by atoms with E-state index in [-0.39, 0.29) is 23.8 Å². The summed E-state index contributed by atoms with van der Waals surface area (Å²) in [6.45, 7) is 8.33. The summed E-state index contributed by atoms with van der Waals surface area (Å²) in [6.07, 6.45) is 1.16. The molecule has 0 aromatic heterocycles. The molecule has 2 aromatic carbocycles. The maximum Gasteiger partial charge on any atom is 0.373 e. The molecule has 0 bridgehead atoms. The van der Waals surface area contributed by atoms with E-state index in [0.29, 0.717) is 37.6 Å². The van der Waals surface area contributed by atoms with Crippen molar-refractivity contribution >= 4 is 11.9 Å². The van der Waals surface area contributed by atoms with Gasteiger partial charge in [0.05, 0.1) is 24.3 Å². The molecule has 166 valence electrons. The maximum absolute atomic E-state index is 12.2. The minimum absolute atomic E-state index is 0.188. The number of rotatable bonds is 13. The Hall–Kier alpha value is -3.10. The number of carbonyl (C=O) groups excluding carboxylic acids is 2. The molecule has 2 rings (SSSR count). The topological polar surface area (TPSA) is 89.5 Å². The smallest absolute Gasteiger partial charge is 0.373 e. The lowest BCUT2D eigenvalue weighted by Gasteiger charge is -2.13. The predicted molar refractivity (Wildman–Crippen MR) is 111 cm³/mol. The zero-order valence-corrected chi connectivity index (χ0v) is 17.6. The van der Waals surface area contributed by atoms with Crippen LogP contribution in [-0.2, 0) is 19.6 Å². The quantitative estimate of drug-likeness (QED) is 0.329. The van der Waals surface area contributed by atoms with E-state index in [1.807, 2.05) is 13.8 Å². The summed E-state index contributed by atoms with van der Waals surface area (Å²) in [7, 11) is 0. The number of benzene rings is 2. The molecule has 0 aliphatic rings. The number of unbranched alkanes of at least 4 members (excludes halogenated alkanes) is 1. The molecule has 8 nitrogen and oxygen atoms in total. The summed E-state index contributed by atoms with van der Waals surface area (Å²) < 4.78 is 10.7. The Balaban J connectivity index is 1.92. The minimum Gasteiger partial charge on any atom is -0.494 e. The van der Waals surface area contributed by atoms with Crippen molar-refractivity contribution in [3.63, 3.8) is 0 Å². The van der Waals surface area contributed by atoms with Gasteiger partial charge < -0.3 is 9.47 Å². The van der Waals surface area contributed by atoms with Crippen LogP contribution < -0.4 is 9.47 Å². The van der Waals surface area contributed by atoms with Gasteiger partial charge in [-0.15, -0.1) is 9.78 Å². The molecule has 31 heavy (non-hydrogen) atoms. The van der Waals surface area contributed by atoms with Gasteiger partial charge in [-0.1, -0.05) is 25.5 Å². The third kappa shape index (κ3) is 8.27. The van der Waals surface area contributed by atoms with E-state index >= 15 is 0 Å². The van der Waals surface area contributed by atoms with Crippen molar-refractivity contribution in [1.82, 2.24) is 0 Å². The van der Waals surface area contributed by atoms with Crippen LogP contribution in [0, 0.1) is 13.2 Å². The third-order valence-corrected chi connectivity index (χ3v) is 3.81. The first-order chi connectivity index (χ1) is 15.1. The van der Waals surface area contributed by atoms with Crippen LogP contribution in [0.4, 0.5) is 0 Å². The summed E-state index contributed by atoms with van der Waals surface area (Å²) in [5.74, 6) is -0.462. The molecule has 2 radical (unpaired) electrons. The molecule has 0 saturated carbocycles. The zero-order valence-electron chi connectivity index (χ0n) is 17.6. The molecule has 8 heteroatoms. The highest BCUT2D eigenvalue weighted by molar-refractivity contribution is 5.90. The Morgan fingerprint density at radius 3 is 1.68 bits per heavy atom. The van der Waals surface area contributed by atoms with E-state index < -0.39 is 11.9 Å². The van der Waals surface area contributed by atoms with E-state index in [9.17, 15) is 9.59 Å². The van der Waals surface area contributed by atoms with Crippen molar-refractivity contribution in [2.24, 2.45) is 0 Å². The molecule has 0 heterocycles. The molecule has 0 spiro atoms. The van der Waals surface area contributed by atoms with Crippen LogP contribution in [0.25, 0.3) is 0 Å². The van der Waals surface area contributed by atoms with Crippen molar-refractivity contribution in [1.29, 1.82) is 0 Å². The number of hydrogen-bond acceptors (Lipinski definition) is 8. The van der Waals surface area contributed by atoms with E-state index in [4.69, 9.17) is 29.0 Å². The monoisotopic (exact) mass is 430 g/mol. The van der Waals surface area contributed by atoms with Crippen LogP contribution in [0.15, 0.2) is 48.5 Å². The third-order valence-electron chi connectivity index (χ3n) is 3.81. The van der Waals surface area contributed by atoms with Gasteiger partial charge in [-0.25, -0.2) is 9.59 Å². The second kappa shape index (κ2) is 13.3. The maximum atomic E-state index is 12.2. The highest BCUT2D eigenvalue weighted by Crippen LogP contribution is 2.20. The van der Waals surface area contributed by atoms with Crippen LogP contribution in [-0.4, -0.2) is 25.2 Å². The second-order valence-electron chi connectivity index (χ2n) is 6.16. The first-order valence-electron chi connectivity index (χ1n) is 9.95. The lowest BCUT2D eigenvalue weighted by Crippen LogP contribution is -2.16. The molecule has 0 amide bonds. The molecule has 0 atom stereocenters. The summed E-state index contributed by atoms with van der Waals surface area (Å²) in [5.41, 5.74) is 0.458. The Labute approximate surface area is 181 Å². The fourth-order valence-corrected chi connectivity index (χ4v) is 2.39. The van der Waals surface area contributed by atoms with Gasteiger partial charge in [0.1, 0.15) is 11.5 Å². The molecule has 0 aliphatic carbocycles. The van der Waals surface area contributed by atoms with E-state index in [2.05, 4.69) is 6.92 Å². The Morgan fingerprint density at radius 1 is 0.774 bits per heavy atom.